The van der Waals surface area contributed by atoms with Crippen LogP contribution in [0.5, 0.6) is 0 Å². The number of ketones is 2. The zero-order valence-corrected chi connectivity index (χ0v) is 23.4. The molecule has 0 unspecified atom stereocenters. The molecule has 194 valence electrons. The SMILES string of the molecule is Cc1ccc(S(=O)(=O)N2CC(C(=O)c3ccccc3)=CC(C(=O)c3ccccc3)=C2c2ccc(Br)cc2)cc1. The van der Waals surface area contributed by atoms with Crippen LogP contribution in [0.15, 0.2) is 136 Å². The standard InChI is InChI=1S/C32H24BrNO4S/c1-22-12-18-28(19-13-22)39(37,38)34-21-26(31(35)24-8-4-2-5-9-24)20-29(32(36)25-10-6-3-7-11-25)30(34)23-14-16-27(33)17-15-23/h2-20H,21H2,1H3. The molecule has 0 aromatic heterocycles. The average Bonchev–Trinajstić information content (AvgIpc) is 2.97. The Hall–Kier alpha value is -4.07. The lowest BCUT2D eigenvalue weighted by Gasteiger charge is -2.33. The Labute approximate surface area is 236 Å². The maximum atomic E-state index is 14.2. The highest BCUT2D eigenvalue weighted by Gasteiger charge is 2.36. The summed E-state index contributed by atoms with van der Waals surface area (Å²) < 4.78 is 30.4. The number of nitrogens with zero attached hydrogens (tertiary/aromatic N) is 1. The first kappa shape index (κ1) is 26.5. The molecule has 0 aliphatic carbocycles. The van der Waals surface area contributed by atoms with Crippen LogP contribution in [0.4, 0.5) is 0 Å². The lowest BCUT2D eigenvalue weighted by atomic mass is 9.91. The normalized spacial score (nSPS) is 13.7. The zero-order valence-electron chi connectivity index (χ0n) is 21.0. The van der Waals surface area contributed by atoms with E-state index in [-0.39, 0.29) is 39.8 Å². The number of allylic oxidation sites excluding steroid dienone is 2. The van der Waals surface area contributed by atoms with Crippen molar-refractivity contribution in [3.05, 3.63) is 153 Å². The van der Waals surface area contributed by atoms with E-state index < -0.39 is 10.0 Å². The molecule has 39 heavy (non-hydrogen) atoms. The smallest absolute Gasteiger partial charge is 0.264 e. The third-order valence-electron chi connectivity index (χ3n) is 6.47. The van der Waals surface area contributed by atoms with Gasteiger partial charge < -0.3 is 0 Å². The quantitative estimate of drug-likeness (QED) is 0.218. The molecule has 5 nitrogen and oxygen atoms in total. The number of halogens is 1. The van der Waals surface area contributed by atoms with Crippen LogP contribution < -0.4 is 0 Å². The van der Waals surface area contributed by atoms with E-state index >= 15 is 0 Å². The largest absolute Gasteiger partial charge is 0.289 e. The fourth-order valence-electron chi connectivity index (χ4n) is 4.44. The van der Waals surface area contributed by atoms with Gasteiger partial charge in [-0.2, -0.15) is 0 Å². The maximum Gasteiger partial charge on any atom is 0.264 e. The van der Waals surface area contributed by atoms with E-state index in [1.165, 1.54) is 4.31 Å². The summed E-state index contributed by atoms with van der Waals surface area (Å²) >= 11 is 3.43. The topological polar surface area (TPSA) is 71.5 Å². The molecule has 0 amide bonds. The van der Waals surface area contributed by atoms with E-state index in [0.29, 0.717) is 16.7 Å². The van der Waals surface area contributed by atoms with Crippen LogP contribution >= 0.6 is 15.9 Å². The van der Waals surface area contributed by atoms with E-state index in [9.17, 15) is 18.0 Å². The van der Waals surface area contributed by atoms with Gasteiger partial charge in [0.05, 0.1) is 17.1 Å². The van der Waals surface area contributed by atoms with Crippen molar-refractivity contribution in [2.45, 2.75) is 11.8 Å². The summed E-state index contributed by atoms with van der Waals surface area (Å²) in [6, 6.07) is 30.9. The molecule has 0 N–H and O–H groups in total. The number of hydrogen-bond donors (Lipinski definition) is 0. The number of aryl methyl sites for hydroxylation is 1. The summed E-state index contributed by atoms with van der Waals surface area (Å²) in [6.45, 7) is 1.65. The second-order valence-corrected chi connectivity index (χ2v) is 11.9. The molecule has 1 aliphatic heterocycles. The van der Waals surface area contributed by atoms with Crippen molar-refractivity contribution in [3.63, 3.8) is 0 Å². The summed E-state index contributed by atoms with van der Waals surface area (Å²) in [5.74, 6) is -0.719. The number of rotatable bonds is 7. The highest BCUT2D eigenvalue weighted by atomic mass is 79.9. The molecular formula is C32H24BrNO4S. The Morgan fingerprint density at radius 3 is 1.82 bits per heavy atom. The Bertz CT molecular complexity index is 1710. The lowest BCUT2D eigenvalue weighted by molar-refractivity contribution is 0.102. The zero-order chi connectivity index (χ0) is 27.6. The van der Waals surface area contributed by atoms with Crippen LogP contribution in [0.1, 0.15) is 31.8 Å². The van der Waals surface area contributed by atoms with Crippen LogP contribution in [0.2, 0.25) is 0 Å². The molecule has 0 bridgehead atoms. The third-order valence-corrected chi connectivity index (χ3v) is 8.76. The summed E-state index contributed by atoms with van der Waals surface area (Å²) in [7, 11) is -4.17. The first-order chi connectivity index (χ1) is 18.8. The van der Waals surface area contributed by atoms with Gasteiger partial charge in [-0.25, -0.2) is 8.42 Å². The van der Waals surface area contributed by atoms with Crippen molar-refractivity contribution in [1.29, 1.82) is 0 Å². The van der Waals surface area contributed by atoms with E-state index in [0.717, 1.165) is 10.0 Å². The van der Waals surface area contributed by atoms with Gasteiger partial charge in [-0.1, -0.05) is 106 Å². The lowest BCUT2D eigenvalue weighted by Crippen LogP contribution is -2.37. The van der Waals surface area contributed by atoms with Crippen molar-refractivity contribution in [3.8, 4) is 0 Å². The van der Waals surface area contributed by atoms with E-state index in [1.807, 2.05) is 6.92 Å². The van der Waals surface area contributed by atoms with Gasteiger partial charge in [-0.15, -0.1) is 0 Å². The average molecular weight is 599 g/mol. The molecule has 1 heterocycles. The number of carbonyl (C=O) groups excluding carboxylic acids is 2. The summed E-state index contributed by atoms with van der Waals surface area (Å²) in [4.78, 5) is 27.7. The second kappa shape index (κ2) is 11.0. The van der Waals surface area contributed by atoms with Crippen LogP contribution in [-0.2, 0) is 10.0 Å². The number of hydrogen-bond acceptors (Lipinski definition) is 4. The van der Waals surface area contributed by atoms with E-state index in [1.54, 1.807) is 115 Å². The van der Waals surface area contributed by atoms with Crippen LogP contribution in [0, 0.1) is 6.92 Å². The van der Waals surface area contributed by atoms with Gasteiger partial charge in [-0.05, 0) is 42.8 Å². The van der Waals surface area contributed by atoms with Gasteiger partial charge in [-0.3, -0.25) is 13.9 Å². The molecule has 0 spiro atoms. The fourth-order valence-corrected chi connectivity index (χ4v) is 6.19. The van der Waals surface area contributed by atoms with E-state index in [2.05, 4.69) is 15.9 Å². The molecule has 4 aromatic rings. The Balaban J connectivity index is 1.78. The highest BCUT2D eigenvalue weighted by molar-refractivity contribution is 9.10. The fraction of sp³-hybridized carbons (Fsp3) is 0.0625. The van der Waals surface area contributed by atoms with Gasteiger partial charge in [0.2, 0.25) is 0 Å². The minimum absolute atomic E-state index is 0.0719. The Kier molecular flexibility index (Phi) is 7.46. The Morgan fingerprint density at radius 1 is 0.718 bits per heavy atom. The number of carbonyl (C=O) groups is 2. The first-order valence-electron chi connectivity index (χ1n) is 12.3. The molecule has 5 rings (SSSR count). The van der Waals surface area contributed by atoms with Crippen molar-refractivity contribution < 1.29 is 18.0 Å². The summed E-state index contributed by atoms with van der Waals surface area (Å²) in [5.41, 5.74) is 2.81. The number of Topliss-reactive ketones (excluding diaryl/α,β-unsaturated/α-hetero) is 2. The minimum Gasteiger partial charge on any atom is -0.289 e. The second-order valence-electron chi connectivity index (χ2n) is 9.15. The van der Waals surface area contributed by atoms with Crippen molar-refractivity contribution >= 4 is 43.2 Å². The van der Waals surface area contributed by atoms with Gasteiger partial charge in [0.1, 0.15) is 0 Å². The van der Waals surface area contributed by atoms with Crippen LogP contribution in [0.25, 0.3) is 5.70 Å². The first-order valence-corrected chi connectivity index (χ1v) is 14.5. The van der Waals surface area contributed by atoms with Crippen molar-refractivity contribution in [1.82, 2.24) is 4.31 Å². The molecule has 0 fully saturated rings. The van der Waals surface area contributed by atoms with Crippen molar-refractivity contribution in [2.24, 2.45) is 0 Å². The number of benzene rings is 4. The molecule has 0 saturated carbocycles. The molecule has 0 saturated heterocycles. The van der Waals surface area contributed by atoms with Crippen LogP contribution in [-0.4, -0.2) is 30.8 Å². The maximum absolute atomic E-state index is 14.2. The molecule has 1 aliphatic rings. The molecule has 0 atom stereocenters. The monoisotopic (exact) mass is 597 g/mol. The predicted octanol–water partition coefficient (Wildman–Crippen LogP) is 6.87. The van der Waals surface area contributed by atoms with Crippen molar-refractivity contribution in [2.75, 3.05) is 6.54 Å². The predicted molar refractivity (Wildman–Crippen MR) is 156 cm³/mol. The van der Waals surface area contributed by atoms with Gasteiger partial charge >= 0.3 is 0 Å². The highest BCUT2D eigenvalue weighted by Crippen LogP contribution is 2.37. The van der Waals surface area contributed by atoms with Crippen LogP contribution in [0.3, 0.4) is 0 Å². The molecule has 0 radical (unpaired) electrons. The van der Waals surface area contributed by atoms with E-state index in [4.69, 9.17) is 0 Å². The van der Waals surface area contributed by atoms with Gasteiger partial charge in [0, 0.05) is 26.7 Å². The van der Waals surface area contributed by atoms with Gasteiger partial charge in [0.15, 0.2) is 11.6 Å². The molecular weight excluding hydrogens is 574 g/mol. The molecule has 4 aromatic carbocycles. The minimum atomic E-state index is -4.17. The third kappa shape index (κ3) is 5.41. The number of sulfonamides is 1. The summed E-state index contributed by atoms with van der Waals surface area (Å²) in [5, 5.41) is 0. The van der Waals surface area contributed by atoms with Gasteiger partial charge in [0.25, 0.3) is 10.0 Å². The molecule has 7 heteroatoms. The summed E-state index contributed by atoms with van der Waals surface area (Å²) in [6.07, 6.45) is 1.54. The Morgan fingerprint density at radius 2 is 1.26 bits per heavy atom.